The summed E-state index contributed by atoms with van der Waals surface area (Å²) in [6.07, 6.45) is 0. The topological polar surface area (TPSA) is 8.17 Å². The molecule has 0 aliphatic carbocycles. The average Bonchev–Trinajstić information content (AvgIpc) is 3.75. The zero-order chi connectivity index (χ0) is 44.3. The fourth-order valence-electron chi connectivity index (χ4n) is 11.1. The van der Waals surface area contributed by atoms with Crippen LogP contribution in [0.25, 0.3) is 70.9 Å². The summed E-state index contributed by atoms with van der Waals surface area (Å²) in [7, 11) is -2.63. The van der Waals surface area contributed by atoms with Crippen LogP contribution in [0.3, 0.4) is 0 Å². The van der Waals surface area contributed by atoms with Crippen molar-refractivity contribution in [3.63, 3.8) is 0 Å². The first-order valence-corrected chi connectivity index (χ1v) is 25.2. The lowest BCUT2D eigenvalue weighted by molar-refractivity contribution is 1.19. The summed E-state index contributed by atoms with van der Waals surface area (Å²) in [6.45, 7) is 0. The maximum atomic E-state index is 2.47. The first-order chi connectivity index (χ1) is 33.2. The molecule has 0 spiro atoms. The van der Waals surface area contributed by atoms with Crippen LogP contribution in [-0.2, 0) is 0 Å². The highest BCUT2D eigenvalue weighted by Gasteiger charge is 2.41. The summed E-state index contributed by atoms with van der Waals surface area (Å²) < 4.78 is 2.45. The Balaban J connectivity index is 0.955. The number of rotatable bonds is 9. The van der Waals surface area contributed by atoms with Gasteiger partial charge in [0.1, 0.15) is 0 Å². The molecule has 67 heavy (non-hydrogen) atoms. The molecule has 0 fully saturated rings. The minimum atomic E-state index is -2.63. The van der Waals surface area contributed by atoms with Gasteiger partial charge >= 0.3 is 0 Å². The Morgan fingerprint density at radius 1 is 0.299 bits per heavy atom. The van der Waals surface area contributed by atoms with E-state index in [1.54, 1.807) is 0 Å². The Kier molecular flexibility index (Phi) is 9.22. The van der Waals surface area contributed by atoms with E-state index in [1.165, 1.54) is 91.7 Å². The van der Waals surface area contributed by atoms with Crippen LogP contribution in [0.15, 0.2) is 267 Å². The average molecular weight is 869 g/mol. The van der Waals surface area contributed by atoms with E-state index in [9.17, 15) is 0 Å². The summed E-state index contributed by atoms with van der Waals surface area (Å²) in [4.78, 5) is 2.47. The van der Waals surface area contributed by atoms with Gasteiger partial charge in [-0.3, -0.25) is 0 Å². The first-order valence-electron chi connectivity index (χ1n) is 23.2. The molecule has 13 rings (SSSR count). The molecule has 2 nitrogen and oxygen atoms in total. The second-order valence-corrected chi connectivity index (χ2v) is 21.4. The fourth-order valence-corrected chi connectivity index (χ4v) is 15.8. The molecule has 0 amide bonds. The molecule has 0 saturated carbocycles. The summed E-state index contributed by atoms with van der Waals surface area (Å²) in [6, 6.07) is 99.0. The Hall–Kier alpha value is -8.50. The van der Waals surface area contributed by atoms with Crippen molar-refractivity contribution in [3.8, 4) is 16.8 Å². The van der Waals surface area contributed by atoms with Crippen LogP contribution in [0.4, 0.5) is 17.1 Å². The lowest BCUT2D eigenvalue weighted by atomic mass is 9.99. The molecular weight excluding hydrogens is 825 g/mol. The molecule has 0 radical (unpaired) electrons. The molecule has 1 heterocycles. The molecule has 1 aromatic heterocycles. The van der Waals surface area contributed by atoms with Gasteiger partial charge in [-0.15, -0.1) is 0 Å². The second-order valence-electron chi connectivity index (χ2n) is 17.6. The van der Waals surface area contributed by atoms with Gasteiger partial charge in [0.25, 0.3) is 0 Å². The van der Waals surface area contributed by atoms with Crippen molar-refractivity contribution in [3.05, 3.63) is 267 Å². The molecule has 0 saturated heterocycles. The fraction of sp³-hybridized carbons (Fsp3) is 0. The maximum Gasteiger partial charge on any atom is 0.179 e. The van der Waals surface area contributed by atoms with Gasteiger partial charge in [0.2, 0.25) is 0 Å². The molecule has 0 N–H and O–H groups in total. The molecule has 0 aliphatic rings. The summed E-state index contributed by atoms with van der Waals surface area (Å²) in [5, 5.41) is 15.4. The van der Waals surface area contributed by atoms with Crippen LogP contribution in [0.5, 0.6) is 0 Å². The highest BCUT2D eigenvalue weighted by molar-refractivity contribution is 7.19. The van der Waals surface area contributed by atoms with Crippen molar-refractivity contribution in [2.24, 2.45) is 0 Å². The lowest BCUT2D eigenvalue weighted by Crippen LogP contribution is -2.74. The number of aromatic nitrogens is 1. The standard InChI is InChI=1S/C64H44N2Si/c1-4-21-53(22-5-1)67(54-23-6-2-7-24-54,55-25-8-3-9-26-55)56-39-33-47(34-40-56)46-30-36-51(37-31-46)65(59-28-14-19-48-17-12-13-27-57(48)59)60-42-43-62-64-58(60)41-35-49-20-15-29-61(63(49)64)66(62)52-38-32-45-16-10-11-18-50(45)44-52/h1-44H. The summed E-state index contributed by atoms with van der Waals surface area (Å²) in [5.41, 5.74) is 9.36. The van der Waals surface area contributed by atoms with Crippen LogP contribution >= 0.6 is 0 Å². The predicted molar refractivity (Wildman–Crippen MR) is 288 cm³/mol. The van der Waals surface area contributed by atoms with Gasteiger partial charge in [-0.05, 0) is 102 Å². The SMILES string of the molecule is c1ccc([Si](c2ccccc2)(c2ccccc2)c2ccc(-c3ccc(N(c4cccc5ccccc45)c4ccc5c6c4ccc4cccc(c46)n5-c4ccc5ccccc5c4)cc3)cc2)cc1. The van der Waals surface area contributed by atoms with Crippen LogP contribution in [-0.4, -0.2) is 12.6 Å². The highest BCUT2D eigenvalue weighted by Crippen LogP contribution is 2.47. The van der Waals surface area contributed by atoms with Gasteiger partial charge in [0, 0.05) is 32.9 Å². The Bertz CT molecular complexity index is 3800. The third-order valence-electron chi connectivity index (χ3n) is 14.1. The van der Waals surface area contributed by atoms with Crippen molar-refractivity contribution in [2.45, 2.75) is 0 Å². The van der Waals surface area contributed by atoms with Gasteiger partial charge < -0.3 is 9.47 Å². The van der Waals surface area contributed by atoms with E-state index < -0.39 is 8.07 Å². The van der Waals surface area contributed by atoms with Crippen molar-refractivity contribution in [2.75, 3.05) is 4.90 Å². The van der Waals surface area contributed by atoms with Crippen molar-refractivity contribution in [1.82, 2.24) is 4.57 Å². The van der Waals surface area contributed by atoms with Crippen molar-refractivity contribution >= 4 is 100 Å². The molecule has 0 atom stereocenters. The molecular formula is C64H44N2Si. The number of nitrogens with zero attached hydrogens (tertiary/aromatic N) is 2. The number of hydrogen-bond acceptors (Lipinski definition) is 1. The van der Waals surface area contributed by atoms with E-state index in [0.717, 1.165) is 17.1 Å². The van der Waals surface area contributed by atoms with E-state index in [4.69, 9.17) is 0 Å². The van der Waals surface area contributed by atoms with E-state index in [0.29, 0.717) is 0 Å². The minimum absolute atomic E-state index is 1.11. The monoisotopic (exact) mass is 868 g/mol. The van der Waals surface area contributed by atoms with Gasteiger partial charge in [0.15, 0.2) is 8.07 Å². The van der Waals surface area contributed by atoms with Crippen molar-refractivity contribution < 1.29 is 0 Å². The maximum absolute atomic E-state index is 2.63. The van der Waals surface area contributed by atoms with Gasteiger partial charge in [0.05, 0.1) is 22.4 Å². The van der Waals surface area contributed by atoms with E-state index >= 15 is 0 Å². The molecule has 314 valence electrons. The van der Waals surface area contributed by atoms with Crippen molar-refractivity contribution in [1.29, 1.82) is 0 Å². The Morgan fingerprint density at radius 3 is 1.49 bits per heavy atom. The third-order valence-corrected chi connectivity index (χ3v) is 18.9. The minimum Gasteiger partial charge on any atom is -0.309 e. The predicted octanol–water partition coefficient (Wildman–Crippen LogP) is 14.2. The number of fused-ring (bicyclic) bond motifs is 2. The molecule has 0 aliphatic heterocycles. The smallest absolute Gasteiger partial charge is 0.179 e. The largest absolute Gasteiger partial charge is 0.309 e. The number of anilines is 3. The lowest BCUT2D eigenvalue weighted by Gasteiger charge is -2.34. The molecule has 3 heteroatoms. The molecule has 13 aromatic rings. The van der Waals surface area contributed by atoms with E-state index in [1.807, 2.05) is 0 Å². The van der Waals surface area contributed by atoms with Crippen LogP contribution in [0.1, 0.15) is 0 Å². The third kappa shape index (κ3) is 6.24. The van der Waals surface area contributed by atoms with Crippen LogP contribution < -0.4 is 25.6 Å². The van der Waals surface area contributed by atoms with Crippen LogP contribution in [0.2, 0.25) is 0 Å². The summed E-state index contributed by atoms with van der Waals surface area (Å²) in [5.74, 6) is 0. The Labute approximate surface area is 391 Å². The quantitative estimate of drug-likeness (QED) is 0.0797. The van der Waals surface area contributed by atoms with Crippen LogP contribution in [0, 0.1) is 0 Å². The highest BCUT2D eigenvalue weighted by atomic mass is 28.3. The zero-order valence-corrected chi connectivity index (χ0v) is 37.8. The zero-order valence-electron chi connectivity index (χ0n) is 36.8. The molecule has 12 aromatic carbocycles. The van der Waals surface area contributed by atoms with Gasteiger partial charge in [-0.1, -0.05) is 218 Å². The van der Waals surface area contributed by atoms with Gasteiger partial charge in [-0.2, -0.15) is 0 Å². The summed E-state index contributed by atoms with van der Waals surface area (Å²) >= 11 is 0. The number of benzene rings is 12. The second kappa shape index (κ2) is 15.9. The Morgan fingerprint density at radius 2 is 0.806 bits per heavy atom. The first kappa shape index (κ1) is 38.9. The van der Waals surface area contributed by atoms with Gasteiger partial charge in [-0.25, -0.2) is 0 Å². The van der Waals surface area contributed by atoms with E-state index in [2.05, 4.69) is 276 Å². The molecule has 0 unspecified atom stereocenters. The normalized spacial score (nSPS) is 11.9. The van der Waals surface area contributed by atoms with E-state index in [-0.39, 0.29) is 0 Å². The molecule has 0 bridgehead atoms. The number of hydrogen-bond donors (Lipinski definition) is 0.